The number of rotatable bonds is 6. The summed E-state index contributed by atoms with van der Waals surface area (Å²) in [6.45, 7) is 2.12. The first-order chi connectivity index (χ1) is 15.6. The molecule has 6 nitrogen and oxygen atoms in total. The Kier molecular flexibility index (Phi) is 4.99. The van der Waals surface area contributed by atoms with Crippen LogP contribution in [0.3, 0.4) is 0 Å². The van der Waals surface area contributed by atoms with Gasteiger partial charge in [0.15, 0.2) is 0 Å². The van der Waals surface area contributed by atoms with Crippen LogP contribution in [0.15, 0.2) is 72.9 Å². The molecule has 6 heteroatoms. The number of aromatic amines is 2. The third-order valence-corrected chi connectivity index (χ3v) is 6.20. The quantitative estimate of drug-likeness (QED) is 0.245. The zero-order valence-electron chi connectivity index (χ0n) is 17.6. The maximum atomic E-state index is 11.5. The van der Waals surface area contributed by atoms with Crippen molar-refractivity contribution in [2.45, 2.75) is 19.3 Å². The molecular formula is C26H23N3O3. The summed E-state index contributed by atoms with van der Waals surface area (Å²) in [7, 11) is 0. The smallest absolute Gasteiger partial charge is 0.270 e. The van der Waals surface area contributed by atoms with Gasteiger partial charge >= 0.3 is 0 Å². The van der Waals surface area contributed by atoms with Gasteiger partial charge in [-0.1, -0.05) is 42.5 Å². The number of non-ortho nitro benzene ring substituents is 1. The molecule has 0 saturated heterocycles. The molecule has 0 saturated carbocycles. The van der Waals surface area contributed by atoms with Gasteiger partial charge in [0.1, 0.15) is 0 Å². The van der Waals surface area contributed by atoms with Crippen molar-refractivity contribution in [1.82, 2.24) is 9.97 Å². The van der Waals surface area contributed by atoms with E-state index in [0.717, 1.165) is 49.8 Å². The van der Waals surface area contributed by atoms with Crippen LogP contribution in [0.25, 0.3) is 21.8 Å². The van der Waals surface area contributed by atoms with Crippen molar-refractivity contribution in [3.63, 3.8) is 0 Å². The van der Waals surface area contributed by atoms with E-state index >= 15 is 0 Å². The molecule has 5 aromatic rings. The molecule has 1 unspecified atom stereocenters. The normalized spacial score (nSPS) is 12.4. The van der Waals surface area contributed by atoms with Crippen LogP contribution in [0.2, 0.25) is 0 Å². The standard InChI is InChI=1S/C26H23N3O3/c1-16-25(20-8-4-5-9-24(20)28-16)26(19-7-3-2-6-17(19)12-13-30)22-15-27-23-11-10-18(29(31)32)14-21(22)23/h2-11,14-15,26-28,30H,12-13H2,1H3. The van der Waals surface area contributed by atoms with Crippen molar-refractivity contribution < 1.29 is 10.0 Å². The van der Waals surface area contributed by atoms with Crippen molar-refractivity contribution in [1.29, 1.82) is 0 Å². The van der Waals surface area contributed by atoms with E-state index in [1.54, 1.807) is 12.1 Å². The fourth-order valence-electron chi connectivity index (χ4n) is 4.80. The molecule has 5 rings (SSSR count). The highest BCUT2D eigenvalue weighted by molar-refractivity contribution is 5.91. The van der Waals surface area contributed by atoms with E-state index in [1.165, 1.54) is 6.07 Å². The summed E-state index contributed by atoms with van der Waals surface area (Å²) in [4.78, 5) is 17.9. The summed E-state index contributed by atoms with van der Waals surface area (Å²) in [6.07, 6.45) is 2.49. The minimum absolute atomic E-state index is 0.0515. The van der Waals surface area contributed by atoms with E-state index in [1.807, 2.05) is 36.5 Å². The Morgan fingerprint density at radius 1 is 0.969 bits per heavy atom. The summed E-state index contributed by atoms with van der Waals surface area (Å²) >= 11 is 0. The Hall–Kier alpha value is -3.90. The lowest BCUT2D eigenvalue weighted by molar-refractivity contribution is -0.384. The average Bonchev–Trinajstić information content (AvgIpc) is 3.36. The molecule has 0 aliphatic heterocycles. The number of para-hydroxylation sites is 1. The molecule has 3 aromatic carbocycles. The number of nitro groups is 1. The minimum atomic E-state index is -0.359. The number of nitro benzene ring substituents is 1. The van der Waals surface area contributed by atoms with Crippen molar-refractivity contribution in [3.8, 4) is 0 Å². The van der Waals surface area contributed by atoms with Gasteiger partial charge in [0.05, 0.1) is 4.92 Å². The third-order valence-electron chi connectivity index (χ3n) is 6.20. The van der Waals surface area contributed by atoms with Gasteiger partial charge in [0.25, 0.3) is 5.69 Å². The molecule has 32 heavy (non-hydrogen) atoms. The van der Waals surface area contributed by atoms with E-state index in [-0.39, 0.29) is 23.1 Å². The van der Waals surface area contributed by atoms with Crippen LogP contribution in [0.4, 0.5) is 5.69 Å². The van der Waals surface area contributed by atoms with Gasteiger partial charge in [-0.15, -0.1) is 0 Å². The summed E-state index contributed by atoms with van der Waals surface area (Å²) in [5, 5.41) is 23.1. The van der Waals surface area contributed by atoms with Crippen LogP contribution in [-0.4, -0.2) is 26.6 Å². The number of aliphatic hydroxyl groups is 1. The molecule has 2 aromatic heterocycles. The summed E-state index contributed by atoms with van der Waals surface area (Å²) in [6, 6.07) is 21.2. The number of nitrogens with one attached hydrogen (secondary N) is 2. The fraction of sp³-hybridized carbons (Fsp3) is 0.154. The zero-order chi connectivity index (χ0) is 22.2. The molecule has 0 bridgehead atoms. The summed E-state index contributed by atoms with van der Waals surface area (Å²) in [5.74, 6) is -0.162. The average molecular weight is 425 g/mol. The summed E-state index contributed by atoms with van der Waals surface area (Å²) in [5.41, 5.74) is 7.28. The Morgan fingerprint density at radius 2 is 1.75 bits per heavy atom. The maximum absolute atomic E-state index is 11.5. The van der Waals surface area contributed by atoms with Gasteiger partial charge in [-0.25, -0.2) is 0 Å². The maximum Gasteiger partial charge on any atom is 0.270 e. The molecule has 0 fully saturated rings. The predicted octanol–water partition coefficient (Wildman–Crippen LogP) is 5.58. The second-order valence-corrected chi connectivity index (χ2v) is 8.05. The summed E-state index contributed by atoms with van der Waals surface area (Å²) < 4.78 is 0. The van der Waals surface area contributed by atoms with Crippen molar-refractivity contribution in [2.75, 3.05) is 6.61 Å². The fourth-order valence-corrected chi connectivity index (χ4v) is 4.80. The molecular weight excluding hydrogens is 402 g/mol. The third kappa shape index (κ3) is 3.25. The van der Waals surface area contributed by atoms with Crippen LogP contribution in [-0.2, 0) is 6.42 Å². The van der Waals surface area contributed by atoms with Crippen LogP contribution < -0.4 is 0 Å². The van der Waals surface area contributed by atoms with Gasteiger partial charge in [0.2, 0.25) is 0 Å². The molecule has 160 valence electrons. The largest absolute Gasteiger partial charge is 0.396 e. The number of benzene rings is 3. The van der Waals surface area contributed by atoms with Gasteiger partial charge < -0.3 is 15.1 Å². The van der Waals surface area contributed by atoms with Crippen LogP contribution in [0, 0.1) is 17.0 Å². The number of hydrogen-bond acceptors (Lipinski definition) is 3. The van der Waals surface area contributed by atoms with E-state index in [9.17, 15) is 15.2 Å². The lowest BCUT2D eigenvalue weighted by atomic mass is 9.81. The molecule has 3 N–H and O–H groups in total. The number of hydrogen-bond donors (Lipinski definition) is 3. The Balaban J connectivity index is 1.84. The lowest BCUT2D eigenvalue weighted by Gasteiger charge is -2.22. The second kappa shape index (κ2) is 7.98. The first-order valence-corrected chi connectivity index (χ1v) is 10.6. The van der Waals surface area contributed by atoms with Crippen LogP contribution >= 0.6 is 0 Å². The van der Waals surface area contributed by atoms with Crippen molar-refractivity contribution in [2.24, 2.45) is 0 Å². The van der Waals surface area contributed by atoms with Gasteiger partial charge in [-0.2, -0.15) is 0 Å². The predicted molar refractivity (Wildman–Crippen MR) is 126 cm³/mol. The van der Waals surface area contributed by atoms with Crippen LogP contribution in [0.1, 0.15) is 33.9 Å². The highest BCUT2D eigenvalue weighted by Gasteiger charge is 2.27. The van der Waals surface area contributed by atoms with Gasteiger partial charge in [-0.05, 0) is 47.7 Å². The van der Waals surface area contributed by atoms with Crippen molar-refractivity contribution >= 4 is 27.5 Å². The second-order valence-electron chi connectivity index (χ2n) is 8.05. The molecule has 0 aliphatic rings. The van der Waals surface area contributed by atoms with E-state index in [0.29, 0.717) is 6.42 Å². The topological polar surface area (TPSA) is 94.9 Å². The highest BCUT2D eigenvalue weighted by atomic mass is 16.6. The molecule has 0 radical (unpaired) electrons. The molecule has 1 atom stereocenters. The monoisotopic (exact) mass is 425 g/mol. The number of nitrogens with zero attached hydrogens (tertiary/aromatic N) is 1. The van der Waals surface area contributed by atoms with E-state index in [2.05, 4.69) is 35.1 Å². The molecule has 0 aliphatic carbocycles. The van der Waals surface area contributed by atoms with E-state index in [4.69, 9.17) is 0 Å². The Morgan fingerprint density at radius 3 is 2.56 bits per heavy atom. The zero-order valence-corrected chi connectivity index (χ0v) is 17.6. The number of H-pyrrole nitrogens is 2. The molecule has 0 amide bonds. The lowest BCUT2D eigenvalue weighted by Crippen LogP contribution is -2.08. The van der Waals surface area contributed by atoms with Crippen molar-refractivity contribution in [3.05, 3.63) is 111 Å². The van der Waals surface area contributed by atoms with Gasteiger partial charge in [0, 0.05) is 58.4 Å². The SMILES string of the molecule is Cc1[nH]c2ccccc2c1C(c1ccccc1CCO)c1c[nH]c2ccc([N+](=O)[O-])cc12. The number of aromatic nitrogens is 2. The number of aryl methyl sites for hydroxylation is 1. The number of fused-ring (bicyclic) bond motifs is 2. The first kappa shape index (κ1) is 20.0. The molecule has 0 spiro atoms. The highest BCUT2D eigenvalue weighted by Crippen LogP contribution is 2.42. The van der Waals surface area contributed by atoms with Crippen LogP contribution in [0.5, 0.6) is 0 Å². The van der Waals surface area contributed by atoms with E-state index < -0.39 is 0 Å². The minimum Gasteiger partial charge on any atom is -0.396 e. The Labute approximate surface area is 184 Å². The van der Waals surface area contributed by atoms with Gasteiger partial charge in [-0.3, -0.25) is 10.1 Å². The Bertz CT molecular complexity index is 1450. The molecule has 2 heterocycles. The number of aliphatic hydroxyl groups excluding tert-OH is 1. The first-order valence-electron chi connectivity index (χ1n) is 10.6.